The Morgan fingerprint density at radius 1 is 0.905 bits per heavy atom. The van der Waals surface area contributed by atoms with Crippen molar-refractivity contribution < 1.29 is 14.3 Å². The van der Waals surface area contributed by atoms with E-state index >= 15 is 0 Å². The standard InChI is InChI=1S/C13H25NO3.2C2H6/c1-10(15)13(5,6)9-17-8-12(3,4)7-14-11(2)16;2*1-2/h7-9H2,1-6H3,(H,14,16);2*1-2H3. The summed E-state index contributed by atoms with van der Waals surface area (Å²) in [7, 11) is 0. The maximum atomic E-state index is 11.3. The van der Waals surface area contributed by atoms with E-state index in [4.69, 9.17) is 4.74 Å². The van der Waals surface area contributed by atoms with E-state index in [0.717, 1.165) is 0 Å². The number of rotatable bonds is 7. The quantitative estimate of drug-likeness (QED) is 0.777. The number of Topliss-reactive ketones (excluding diaryl/α,β-unsaturated/α-hetero) is 1. The third-order valence-corrected chi connectivity index (χ3v) is 2.72. The molecule has 4 nitrogen and oxygen atoms in total. The minimum Gasteiger partial charge on any atom is -0.380 e. The second-order valence-electron chi connectivity index (χ2n) is 6.01. The Bertz CT molecular complexity index is 284. The first-order chi connectivity index (χ1) is 9.57. The molecule has 0 aromatic rings. The van der Waals surface area contributed by atoms with Gasteiger partial charge in [-0.1, -0.05) is 55.4 Å². The average Bonchev–Trinajstić information content (AvgIpc) is 2.40. The fourth-order valence-corrected chi connectivity index (χ4v) is 1.10. The summed E-state index contributed by atoms with van der Waals surface area (Å²) >= 11 is 0. The van der Waals surface area contributed by atoms with Crippen LogP contribution in [0.15, 0.2) is 0 Å². The van der Waals surface area contributed by atoms with Crippen molar-refractivity contribution >= 4 is 11.7 Å². The molecule has 0 atom stereocenters. The Balaban J connectivity index is -0.000000739. The predicted molar refractivity (Wildman–Crippen MR) is 90.4 cm³/mol. The number of amides is 1. The predicted octanol–water partition coefficient (Wildman–Crippen LogP) is 3.83. The van der Waals surface area contributed by atoms with Crippen molar-refractivity contribution in [1.82, 2.24) is 5.32 Å². The number of hydrogen-bond donors (Lipinski definition) is 1. The Hall–Kier alpha value is -0.900. The van der Waals surface area contributed by atoms with E-state index in [1.807, 2.05) is 55.4 Å². The lowest BCUT2D eigenvalue weighted by Crippen LogP contribution is -2.37. The molecule has 0 aliphatic heterocycles. The summed E-state index contributed by atoms with van der Waals surface area (Å²) < 4.78 is 5.58. The zero-order valence-electron chi connectivity index (χ0n) is 15.8. The second kappa shape index (κ2) is 12.8. The molecule has 0 aromatic heterocycles. The molecular weight excluding hydrogens is 266 g/mol. The van der Waals surface area contributed by atoms with Gasteiger partial charge in [-0.2, -0.15) is 0 Å². The van der Waals surface area contributed by atoms with Crippen LogP contribution in [0.1, 0.15) is 69.2 Å². The third-order valence-electron chi connectivity index (χ3n) is 2.72. The van der Waals surface area contributed by atoms with Gasteiger partial charge in [-0.15, -0.1) is 0 Å². The number of nitrogens with one attached hydrogen (secondary N) is 1. The van der Waals surface area contributed by atoms with Gasteiger partial charge in [0.05, 0.1) is 13.2 Å². The Labute approximate surface area is 132 Å². The summed E-state index contributed by atoms with van der Waals surface area (Å²) in [6, 6.07) is 0. The summed E-state index contributed by atoms with van der Waals surface area (Å²) in [5.41, 5.74) is -0.567. The van der Waals surface area contributed by atoms with Crippen molar-refractivity contribution in [2.24, 2.45) is 10.8 Å². The zero-order valence-corrected chi connectivity index (χ0v) is 15.8. The lowest BCUT2D eigenvalue weighted by molar-refractivity contribution is -0.128. The van der Waals surface area contributed by atoms with Crippen molar-refractivity contribution in [2.75, 3.05) is 19.8 Å². The maximum absolute atomic E-state index is 11.3. The van der Waals surface area contributed by atoms with E-state index < -0.39 is 5.41 Å². The number of carbonyl (C=O) groups is 2. The molecule has 0 aromatic carbocycles. The molecule has 0 saturated heterocycles. The molecule has 0 aliphatic rings. The van der Waals surface area contributed by atoms with E-state index in [9.17, 15) is 9.59 Å². The molecule has 0 heterocycles. The van der Waals surface area contributed by atoms with Gasteiger partial charge in [0.2, 0.25) is 5.91 Å². The minimum absolute atomic E-state index is 0.0397. The third kappa shape index (κ3) is 15.3. The maximum Gasteiger partial charge on any atom is 0.216 e. The zero-order chi connectivity index (χ0) is 17.7. The highest BCUT2D eigenvalue weighted by molar-refractivity contribution is 5.81. The molecule has 0 bridgehead atoms. The summed E-state index contributed by atoms with van der Waals surface area (Å²) in [4.78, 5) is 22.1. The highest BCUT2D eigenvalue weighted by Crippen LogP contribution is 2.20. The molecule has 0 radical (unpaired) electrons. The lowest BCUT2D eigenvalue weighted by atomic mass is 9.90. The van der Waals surface area contributed by atoms with E-state index in [2.05, 4.69) is 5.32 Å². The monoisotopic (exact) mass is 303 g/mol. The van der Waals surface area contributed by atoms with Crippen molar-refractivity contribution in [1.29, 1.82) is 0 Å². The number of ether oxygens (including phenoxy) is 1. The normalized spacial score (nSPS) is 10.6. The highest BCUT2D eigenvalue weighted by atomic mass is 16.5. The topological polar surface area (TPSA) is 55.4 Å². The van der Waals surface area contributed by atoms with Gasteiger partial charge in [0, 0.05) is 24.3 Å². The molecule has 0 rings (SSSR count). The summed E-state index contributed by atoms with van der Waals surface area (Å²) in [5.74, 6) is 0.0827. The van der Waals surface area contributed by atoms with Gasteiger partial charge in [0.15, 0.2) is 0 Å². The van der Waals surface area contributed by atoms with Crippen LogP contribution in [0.4, 0.5) is 0 Å². The van der Waals surface area contributed by atoms with Gasteiger partial charge in [-0.05, 0) is 6.92 Å². The van der Waals surface area contributed by atoms with Gasteiger partial charge < -0.3 is 10.1 Å². The average molecular weight is 303 g/mol. The van der Waals surface area contributed by atoms with Crippen LogP contribution >= 0.6 is 0 Å². The number of carbonyl (C=O) groups excluding carboxylic acids is 2. The molecule has 1 amide bonds. The number of hydrogen-bond acceptors (Lipinski definition) is 3. The fourth-order valence-electron chi connectivity index (χ4n) is 1.10. The van der Waals surface area contributed by atoms with Crippen LogP contribution in [0.3, 0.4) is 0 Å². The molecule has 128 valence electrons. The summed E-state index contributed by atoms with van der Waals surface area (Å²) in [5, 5.41) is 2.77. The van der Waals surface area contributed by atoms with Gasteiger partial charge in [-0.3, -0.25) is 9.59 Å². The summed E-state index contributed by atoms with van der Waals surface area (Å²) in [6.45, 7) is 20.3. The Morgan fingerprint density at radius 2 is 1.33 bits per heavy atom. The molecule has 0 unspecified atom stereocenters. The molecule has 21 heavy (non-hydrogen) atoms. The minimum atomic E-state index is -0.440. The summed E-state index contributed by atoms with van der Waals surface area (Å²) in [6.07, 6.45) is 0. The van der Waals surface area contributed by atoms with Crippen molar-refractivity contribution in [3.8, 4) is 0 Å². The Kier molecular flexibility index (Phi) is 15.3. The van der Waals surface area contributed by atoms with Gasteiger partial charge in [0.1, 0.15) is 5.78 Å². The van der Waals surface area contributed by atoms with E-state index in [1.54, 1.807) is 6.92 Å². The van der Waals surface area contributed by atoms with E-state index in [0.29, 0.717) is 19.8 Å². The van der Waals surface area contributed by atoms with Crippen LogP contribution in [0.5, 0.6) is 0 Å². The molecule has 0 fully saturated rings. The first-order valence-corrected chi connectivity index (χ1v) is 7.90. The van der Waals surface area contributed by atoms with Gasteiger partial charge >= 0.3 is 0 Å². The van der Waals surface area contributed by atoms with Crippen LogP contribution in [0.2, 0.25) is 0 Å². The highest BCUT2D eigenvalue weighted by Gasteiger charge is 2.26. The molecule has 1 N–H and O–H groups in total. The van der Waals surface area contributed by atoms with Crippen molar-refractivity contribution in [2.45, 2.75) is 69.2 Å². The molecule has 4 heteroatoms. The first-order valence-electron chi connectivity index (χ1n) is 7.90. The van der Waals surface area contributed by atoms with Crippen LogP contribution in [0, 0.1) is 10.8 Å². The molecule has 0 spiro atoms. The SMILES string of the molecule is CC.CC.CC(=O)NCC(C)(C)COCC(C)(C)C(C)=O. The van der Waals surface area contributed by atoms with Gasteiger partial charge in [0.25, 0.3) is 0 Å². The van der Waals surface area contributed by atoms with Crippen LogP contribution in [-0.2, 0) is 14.3 Å². The molecule has 0 saturated carbocycles. The van der Waals surface area contributed by atoms with Crippen molar-refractivity contribution in [3.63, 3.8) is 0 Å². The smallest absolute Gasteiger partial charge is 0.216 e. The van der Waals surface area contributed by atoms with E-state index in [-0.39, 0.29) is 17.1 Å². The molecule has 0 aliphatic carbocycles. The number of ketones is 1. The second-order valence-corrected chi connectivity index (χ2v) is 6.01. The van der Waals surface area contributed by atoms with Crippen LogP contribution in [0.25, 0.3) is 0 Å². The van der Waals surface area contributed by atoms with E-state index in [1.165, 1.54) is 6.92 Å². The largest absolute Gasteiger partial charge is 0.380 e. The van der Waals surface area contributed by atoms with Crippen LogP contribution in [-0.4, -0.2) is 31.4 Å². The first kappa shape index (κ1) is 25.1. The molecular formula is C17H37NO3. The van der Waals surface area contributed by atoms with Crippen LogP contribution < -0.4 is 5.32 Å². The Morgan fingerprint density at radius 3 is 1.67 bits per heavy atom. The fraction of sp³-hybridized carbons (Fsp3) is 0.882. The van der Waals surface area contributed by atoms with Crippen molar-refractivity contribution in [3.05, 3.63) is 0 Å². The van der Waals surface area contributed by atoms with Gasteiger partial charge in [-0.25, -0.2) is 0 Å². The lowest BCUT2D eigenvalue weighted by Gasteiger charge is -2.27.